The molecule has 5 nitrogen and oxygen atoms in total. The third-order valence-electron chi connectivity index (χ3n) is 3.03. The summed E-state index contributed by atoms with van der Waals surface area (Å²) in [4.78, 5) is 2.97. The van der Waals surface area contributed by atoms with E-state index in [1.807, 2.05) is 0 Å². The van der Waals surface area contributed by atoms with Gasteiger partial charge in [0.25, 0.3) is 10.0 Å². The highest BCUT2D eigenvalue weighted by Crippen LogP contribution is 2.14. The van der Waals surface area contributed by atoms with Crippen LogP contribution in [0.1, 0.15) is 24.8 Å². The van der Waals surface area contributed by atoms with Crippen LogP contribution in [0.5, 0.6) is 0 Å². The van der Waals surface area contributed by atoms with Crippen LogP contribution >= 0.6 is 12.2 Å². The van der Waals surface area contributed by atoms with Gasteiger partial charge in [-0.05, 0) is 25.0 Å². The molecule has 1 fully saturated rings. The fourth-order valence-electron chi connectivity index (χ4n) is 2.02. The van der Waals surface area contributed by atoms with Crippen LogP contribution in [-0.4, -0.2) is 31.5 Å². The van der Waals surface area contributed by atoms with Crippen molar-refractivity contribution in [3.8, 4) is 0 Å². The van der Waals surface area contributed by atoms with Crippen LogP contribution in [0.15, 0.2) is 29.2 Å². The molecular formula is C12H17N3O2S2. The predicted octanol–water partition coefficient (Wildman–Crippen LogP) is 1.000. The lowest BCUT2D eigenvalue weighted by Crippen LogP contribution is -2.44. The Labute approximate surface area is 118 Å². The molecule has 2 rings (SSSR count). The van der Waals surface area contributed by atoms with Gasteiger partial charge in [0.2, 0.25) is 0 Å². The van der Waals surface area contributed by atoms with E-state index in [-0.39, 0.29) is 9.88 Å². The number of benzene rings is 1. The maximum absolute atomic E-state index is 12.2. The summed E-state index contributed by atoms with van der Waals surface area (Å²) in [6.45, 7) is 1.49. The van der Waals surface area contributed by atoms with Crippen molar-refractivity contribution >= 4 is 27.2 Å². The van der Waals surface area contributed by atoms with Crippen LogP contribution in [-0.2, 0) is 10.0 Å². The summed E-state index contributed by atoms with van der Waals surface area (Å²) < 4.78 is 24.5. The average Bonchev–Trinajstić information content (AvgIpc) is 2.39. The summed E-state index contributed by atoms with van der Waals surface area (Å²) in [6, 6.07) is 6.37. The fraction of sp³-hybridized carbons (Fsp3) is 0.417. The second-order valence-electron chi connectivity index (χ2n) is 4.53. The molecule has 1 aromatic carbocycles. The number of sulfonamides is 1. The van der Waals surface area contributed by atoms with Gasteiger partial charge < -0.3 is 5.73 Å². The Morgan fingerprint density at radius 1 is 1.26 bits per heavy atom. The van der Waals surface area contributed by atoms with Gasteiger partial charge in [0, 0.05) is 18.7 Å². The molecule has 0 aliphatic carbocycles. The highest BCUT2D eigenvalue weighted by Gasteiger charge is 2.20. The number of hydrogen-bond donors (Lipinski definition) is 2. The number of nitrogens with one attached hydrogen (secondary N) is 1. The summed E-state index contributed by atoms with van der Waals surface area (Å²) in [5.41, 5.74) is 6.07. The van der Waals surface area contributed by atoms with Crippen molar-refractivity contribution in [2.75, 3.05) is 13.1 Å². The summed E-state index contributed by atoms with van der Waals surface area (Å²) in [6.07, 6.45) is 3.17. The number of hydrogen-bond acceptors (Lipinski definition) is 4. The van der Waals surface area contributed by atoms with Crippen molar-refractivity contribution < 1.29 is 8.42 Å². The summed E-state index contributed by atoms with van der Waals surface area (Å²) in [5, 5.41) is 1.74. The molecule has 0 saturated carbocycles. The Morgan fingerprint density at radius 2 is 1.95 bits per heavy atom. The van der Waals surface area contributed by atoms with E-state index >= 15 is 0 Å². The molecule has 104 valence electrons. The zero-order valence-electron chi connectivity index (χ0n) is 10.5. The van der Waals surface area contributed by atoms with Gasteiger partial charge in [0.15, 0.2) is 0 Å². The molecule has 19 heavy (non-hydrogen) atoms. The third kappa shape index (κ3) is 3.73. The van der Waals surface area contributed by atoms with E-state index in [9.17, 15) is 8.42 Å². The molecule has 1 heterocycles. The van der Waals surface area contributed by atoms with Gasteiger partial charge in [-0.2, -0.15) is 0 Å². The SMILES string of the molecule is NC(=S)c1cccc(S(=O)(=O)NN2CCCCC2)c1. The standard InChI is InChI=1S/C12H17N3O2S2/c13-12(18)10-5-4-6-11(9-10)19(16,17)14-15-7-2-1-3-8-15/h4-6,9,14H,1-3,7-8H2,(H2,13,18). The molecule has 1 saturated heterocycles. The normalized spacial score (nSPS) is 17.3. The van der Waals surface area contributed by atoms with Crippen molar-refractivity contribution in [2.45, 2.75) is 24.2 Å². The molecule has 0 spiro atoms. The first kappa shape index (κ1) is 14.4. The molecule has 3 N–H and O–H groups in total. The fourth-order valence-corrected chi connectivity index (χ4v) is 3.32. The topological polar surface area (TPSA) is 75.4 Å². The Morgan fingerprint density at radius 3 is 2.58 bits per heavy atom. The van der Waals surface area contributed by atoms with Crippen LogP contribution < -0.4 is 10.6 Å². The zero-order chi connectivity index (χ0) is 13.9. The zero-order valence-corrected chi connectivity index (χ0v) is 12.1. The molecule has 0 bridgehead atoms. The molecule has 0 aromatic heterocycles. The van der Waals surface area contributed by atoms with Crippen molar-refractivity contribution in [3.63, 3.8) is 0 Å². The Hall–Kier alpha value is -1.02. The first-order valence-corrected chi connectivity index (χ1v) is 8.05. The van der Waals surface area contributed by atoms with Gasteiger partial charge in [0.1, 0.15) is 4.99 Å². The summed E-state index contributed by atoms with van der Waals surface area (Å²) in [7, 11) is -3.56. The molecule has 0 unspecified atom stereocenters. The van der Waals surface area contributed by atoms with Gasteiger partial charge in [-0.15, -0.1) is 4.83 Å². The van der Waals surface area contributed by atoms with Gasteiger partial charge in [-0.25, -0.2) is 13.4 Å². The maximum Gasteiger partial charge on any atom is 0.253 e. The number of hydrazine groups is 1. The van der Waals surface area contributed by atoms with E-state index in [1.165, 1.54) is 12.1 Å². The lowest BCUT2D eigenvalue weighted by Gasteiger charge is -2.26. The Kier molecular flexibility index (Phi) is 4.51. The molecule has 0 atom stereocenters. The first-order chi connectivity index (χ1) is 8.99. The lowest BCUT2D eigenvalue weighted by atomic mass is 10.2. The molecule has 0 radical (unpaired) electrons. The molecule has 1 aliphatic rings. The average molecular weight is 299 g/mol. The van der Waals surface area contributed by atoms with Crippen LogP contribution in [0.2, 0.25) is 0 Å². The van der Waals surface area contributed by atoms with Crippen molar-refractivity contribution in [1.82, 2.24) is 9.84 Å². The molecule has 1 aliphatic heterocycles. The number of rotatable bonds is 4. The minimum absolute atomic E-state index is 0.184. The number of nitrogens with zero attached hydrogens (tertiary/aromatic N) is 1. The largest absolute Gasteiger partial charge is 0.389 e. The van der Waals surface area contributed by atoms with Crippen LogP contribution in [0, 0.1) is 0 Å². The van der Waals surface area contributed by atoms with Gasteiger partial charge in [-0.3, -0.25) is 0 Å². The number of piperidine rings is 1. The predicted molar refractivity (Wildman–Crippen MR) is 78.1 cm³/mol. The van der Waals surface area contributed by atoms with E-state index < -0.39 is 10.0 Å². The van der Waals surface area contributed by atoms with E-state index in [0.717, 1.165) is 32.4 Å². The lowest BCUT2D eigenvalue weighted by molar-refractivity contribution is 0.200. The molecule has 1 aromatic rings. The Balaban J connectivity index is 2.18. The molecule has 7 heteroatoms. The summed E-state index contributed by atoms with van der Waals surface area (Å²) in [5.74, 6) is 0. The van der Waals surface area contributed by atoms with Crippen LogP contribution in [0.4, 0.5) is 0 Å². The van der Waals surface area contributed by atoms with Crippen LogP contribution in [0.3, 0.4) is 0 Å². The van der Waals surface area contributed by atoms with E-state index in [2.05, 4.69) is 4.83 Å². The van der Waals surface area contributed by atoms with Gasteiger partial charge in [0.05, 0.1) is 4.90 Å². The number of thiocarbonyl (C=S) groups is 1. The van der Waals surface area contributed by atoms with Crippen LogP contribution in [0.25, 0.3) is 0 Å². The quantitative estimate of drug-likeness (QED) is 0.811. The highest BCUT2D eigenvalue weighted by atomic mass is 32.2. The Bertz CT molecular complexity index is 566. The van der Waals surface area contributed by atoms with E-state index in [1.54, 1.807) is 17.1 Å². The minimum Gasteiger partial charge on any atom is -0.389 e. The van der Waals surface area contributed by atoms with Crippen molar-refractivity contribution in [3.05, 3.63) is 29.8 Å². The van der Waals surface area contributed by atoms with E-state index in [4.69, 9.17) is 18.0 Å². The second kappa shape index (κ2) is 5.96. The monoisotopic (exact) mass is 299 g/mol. The van der Waals surface area contributed by atoms with Gasteiger partial charge in [-0.1, -0.05) is 30.8 Å². The molecule has 0 amide bonds. The molecular weight excluding hydrogens is 282 g/mol. The first-order valence-electron chi connectivity index (χ1n) is 6.16. The summed E-state index contributed by atoms with van der Waals surface area (Å²) >= 11 is 4.86. The number of nitrogens with two attached hydrogens (primary N) is 1. The van der Waals surface area contributed by atoms with E-state index in [0.29, 0.717) is 5.56 Å². The van der Waals surface area contributed by atoms with Gasteiger partial charge >= 0.3 is 0 Å². The smallest absolute Gasteiger partial charge is 0.253 e. The van der Waals surface area contributed by atoms with Crippen molar-refractivity contribution in [1.29, 1.82) is 0 Å². The highest BCUT2D eigenvalue weighted by molar-refractivity contribution is 7.89. The second-order valence-corrected chi connectivity index (χ2v) is 6.64. The maximum atomic E-state index is 12.2. The minimum atomic E-state index is -3.56. The van der Waals surface area contributed by atoms with Crippen molar-refractivity contribution in [2.24, 2.45) is 5.73 Å². The third-order valence-corrected chi connectivity index (χ3v) is 4.64.